The van der Waals surface area contributed by atoms with Gasteiger partial charge in [-0.2, -0.15) is 0 Å². The highest BCUT2D eigenvalue weighted by Crippen LogP contribution is 2.46. The van der Waals surface area contributed by atoms with Crippen LogP contribution >= 0.6 is 0 Å². The molecule has 28 rings (SSSR count). The predicted molar refractivity (Wildman–Crippen MR) is 592 cm³/mol. The normalized spacial score (nSPS) is 12.4. The Balaban J connectivity index is 0.000000111. The molecule has 0 bridgehead atoms. The van der Waals surface area contributed by atoms with Crippen molar-refractivity contribution >= 4 is 123 Å². The van der Waals surface area contributed by atoms with Crippen LogP contribution < -0.4 is 41.5 Å². The lowest BCUT2D eigenvalue weighted by molar-refractivity contribution is 0.668. The van der Waals surface area contributed by atoms with Gasteiger partial charge in [-0.15, -0.1) is 0 Å². The van der Waals surface area contributed by atoms with Crippen LogP contribution in [-0.2, 0) is 38.5 Å². The van der Waals surface area contributed by atoms with Gasteiger partial charge >= 0.3 is 0 Å². The predicted octanol–water partition coefficient (Wildman–Crippen LogP) is 26.8. The maximum absolute atomic E-state index is 6.70. The van der Waals surface area contributed by atoms with Crippen LogP contribution in [0.15, 0.2) is 499 Å². The molecule has 0 spiro atoms. The molecule has 0 saturated heterocycles. The summed E-state index contributed by atoms with van der Waals surface area (Å²) in [7, 11) is -5.35. The molecule has 0 atom stereocenters. The summed E-state index contributed by atoms with van der Waals surface area (Å²) in [4.78, 5) is 30.1. The molecule has 0 unspecified atom stereocenters. The number of aryl methyl sites for hydroxylation is 6. The first-order chi connectivity index (χ1) is 70.8. The molecule has 0 saturated carbocycles. The van der Waals surface area contributed by atoms with Crippen molar-refractivity contribution < 1.29 is 13.3 Å². The number of benzene rings is 19. The first kappa shape index (κ1) is 85.7. The van der Waals surface area contributed by atoms with Crippen molar-refractivity contribution in [2.45, 2.75) is 38.5 Å². The SMILES string of the molecule is c1ccc(-c2cc(-c3ccccc3)nc(-c3cccc4c3oc3cc5c(cc34)CCc3ccccc3-5)n2)cc1.c1ccc([Si](c2ccccc2)(c2ccccc2)c2cccc(-c3ccnc(-c4ccc5c(c4)CCc4cc6c(cc4-5)oc4ccccc46)n3)c2)cc1.c1ccc([Si](c2ccccc2)(c2ccccc2)c2cccc(-c3ccnc(-c4cccc5c4oc4cc6c(cc45)CCc4ccccc4-6)n3)c2)cc1. The van der Waals surface area contributed by atoms with Crippen LogP contribution in [0.25, 0.3) is 178 Å². The number of nitrogens with zero attached hydrogens (tertiary/aromatic N) is 6. The third-order valence-corrected chi connectivity index (χ3v) is 38.9. The Labute approximate surface area is 830 Å². The van der Waals surface area contributed by atoms with Gasteiger partial charge in [-0.05, 0) is 226 Å². The summed E-state index contributed by atoms with van der Waals surface area (Å²) in [5.41, 5.74) is 31.9. The molecule has 0 aliphatic heterocycles. The molecule has 3 aliphatic carbocycles. The molecule has 6 heterocycles. The summed E-state index contributed by atoms with van der Waals surface area (Å²) in [6, 6.07) is 170. The zero-order valence-corrected chi connectivity index (χ0v) is 80.3. The molecule has 19 aromatic carbocycles. The van der Waals surface area contributed by atoms with Gasteiger partial charge in [-0.1, -0.05) is 394 Å². The topological polar surface area (TPSA) is 117 Å². The van der Waals surface area contributed by atoms with Crippen molar-refractivity contribution in [3.05, 3.63) is 519 Å². The van der Waals surface area contributed by atoms with E-state index >= 15 is 0 Å². The fourth-order valence-electron chi connectivity index (χ4n) is 22.7. The standard InChI is InChI=1S/2C48H34N2OSi.C36H24N2O/c1-4-16-36(17-5-1)52(37-18-6-2-7-19-37,38-20-8-3-9-21-38)39-22-12-15-35(30-39)45-28-29-49-48(50-45)42-25-13-24-41-44-31-34-27-26-33-14-10-11-23-40(33)43(34)32-46(44)51-47(41)42;1-4-14-37(15-5-1)52(38-16-6-2-7-17-38,39-18-8-3-9-19-39)40-20-12-13-35(30-40)45-27-28-49-48(50-45)36-25-26-41-33(29-36)23-24-34-31-44-42-21-10-11-22-46(42)51-47(44)32-43(34)41;1-3-11-24(12-4-1)32-22-33(25-13-5-2-6-14-25)38-36(37-32)29-17-9-16-28-31-20-26-19-18-23-10-7-8-15-27(23)30(26)21-34(31)39-35(28)29/h1-25,28-32H,26-27H2;1-22,25-32H,23-24H2;1-17,20-22H,18-19H2. The van der Waals surface area contributed by atoms with Crippen LogP contribution in [0.1, 0.15) is 33.4 Å². The minimum absolute atomic E-state index is 0.653. The van der Waals surface area contributed by atoms with Gasteiger partial charge in [-0.3, -0.25) is 0 Å². The Morgan fingerprint density at radius 3 is 0.930 bits per heavy atom. The summed E-state index contributed by atoms with van der Waals surface area (Å²) in [6.07, 6.45) is 9.93. The molecule has 0 N–H and O–H groups in total. The third kappa shape index (κ3) is 15.4. The maximum Gasteiger partial charge on any atom is 0.179 e. The first-order valence-electron chi connectivity index (χ1n) is 49.3. The van der Waals surface area contributed by atoms with Gasteiger partial charge in [0.2, 0.25) is 0 Å². The number of para-hydroxylation sites is 3. The van der Waals surface area contributed by atoms with E-state index in [0.29, 0.717) is 11.6 Å². The van der Waals surface area contributed by atoms with E-state index in [1.807, 2.05) is 73.1 Å². The van der Waals surface area contributed by atoms with E-state index in [1.54, 1.807) is 0 Å². The highest BCUT2D eigenvalue weighted by atomic mass is 28.3. The number of furan rings is 3. The van der Waals surface area contributed by atoms with Crippen LogP contribution in [0.4, 0.5) is 0 Å². The summed E-state index contributed by atoms with van der Waals surface area (Å²) in [6.45, 7) is 0. The van der Waals surface area contributed by atoms with Crippen LogP contribution in [0.5, 0.6) is 0 Å². The Kier molecular flexibility index (Phi) is 21.9. The van der Waals surface area contributed by atoms with Gasteiger partial charge in [0, 0.05) is 72.5 Å². The smallest absolute Gasteiger partial charge is 0.179 e. The lowest BCUT2D eigenvalue weighted by atomic mass is 9.84. The lowest BCUT2D eigenvalue weighted by Gasteiger charge is -2.34. The van der Waals surface area contributed by atoms with Crippen LogP contribution in [0, 0.1) is 0 Å². The van der Waals surface area contributed by atoms with Crippen molar-refractivity contribution in [3.8, 4) is 113 Å². The van der Waals surface area contributed by atoms with Gasteiger partial charge in [0.05, 0.1) is 33.9 Å². The number of aromatic nitrogens is 6. The maximum atomic E-state index is 6.70. The Morgan fingerprint density at radius 1 is 0.168 bits per heavy atom. The molecule has 0 radical (unpaired) electrons. The van der Waals surface area contributed by atoms with Gasteiger partial charge in [0.15, 0.2) is 33.6 Å². The molecule has 25 aromatic rings. The van der Waals surface area contributed by atoms with Gasteiger partial charge < -0.3 is 13.3 Å². The average molecular weight is 1870 g/mol. The fourth-order valence-corrected chi connectivity index (χ4v) is 32.3. The Morgan fingerprint density at radius 2 is 0.483 bits per heavy atom. The molecule has 143 heavy (non-hydrogen) atoms. The van der Waals surface area contributed by atoms with Crippen molar-refractivity contribution in [2.24, 2.45) is 0 Å². The molecule has 11 heteroatoms. The highest BCUT2D eigenvalue weighted by molar-refractivity contribution is 7.20. The second-order valence-electron chi connectivity index (χ2n) is 37.5. The average Bonchev–Trinajstić information content (AvgIpc) is 1.60. The molecule has 3 aliphatic rings. The largest absolute Gasteiger partial charge is 0.456 e. The van der Waals surface area contributed by atoms with Gasteiger partial charge in [-0.25, -0.2) is 29.9 Å². The molecule has 0 amide bonds. The van der Waals surface area contributed by atoms with Crippen molar-refractivity contribution in [2.75, 3.05) is 0 Å². The zero-order chi connectivity index (χ0) is 94.7. The lowest BCUT2D eigenvalue weighted by Crippen LogP contribution is -2.74. The van der Waals surface area contributed by atoms with Crippen molar-refractivity contribution in [1.82, 2.24) is 29.9 Å². The van der Waals surface area contributed by atoms with E-state index in [4.69, 9.17) is 43.2 Å². The Bertz CT molecular complexity index is 8910. The second-order valence-corrected chi connectivity index (χ2v) is 45.1. The van der Waals surface area contributed by atoms with Gasteiger partial charge in [0.25, 0.3) is 0 Å². The number of hydrogen-bond donors (Lipinski definition) is 0. The third-order valence-electron chi connectivity index (χ3n) is 29.4. The van der Waals surface area contributed by atoms with Crippen molar-refractivity contribution in [3.63, 3.8) is 0 Å². The second kappa shape index (κ2) is 36.6. The number of hydrogen-bond acceptors (Lipinski definition) is 9. The highest BCUT2D eigenvalue weighted by Gasteiger charge is 2.44. The minimum atomic E-state index is -2.69. The van der Waals surface area contributed by atoms with Crippen LogP contribution in [0.2, 0.25) is 0 Å². The fraction of sp³-hybridized carbons (Fsp3) is 0.0455. The summed E-state index contributed by atoms with van der Waals surface area (Å²) < 4.78 is 19.6. The Hall–Kier alpha value is -17.7. The monoisotopic (exact) mass is 1860 g/mol. The minimum Gasteiger partial charge on any atom is -0.456 e. The molecule has 0 fully saturated rings. The van der Waals surface area contributed by atoms with E-state index in [9.17, 15) is 0 Å². The van der Waals surface area contributed by atoms with E-state index in [0.717, 1.165) is 161 Å². The van der Waals surface area contributed by atoms with Gasteiger partial charge in [0.1, 0.15) is 33.5 Å². The molecule has 9 nitrogen and oxygen atoms in total. The zero-order valence-electron chi connectivity index (χ0n) is 78.3. The summed E-state index contributed by atoms with van der Waals surface area (Å²) >= 11 is 0. The van der Waals surface area contributed by atoms with Crippen LogP contribution in [0.3, 0.4) is 0 Å². The molecule has 676 valence electrons. The quantitative estimate of drug-likeness (QED) is 0.0730. The first-order valence-corrected chi connectivity index (χ1v) is 53.3. The van der Waals surface area contributed by atoms with E-state index in [1.165, 1.54) is 119 Å². The molecular formula is C132H92N6O3Si2. The number of fused-ring (bicyclic) bond motifs is 18. The summed E-state index contributed by atoms with van der Waals surface area (Å²) in [5.74, 6) is 2.05. The van der Waals surface area contributed by atoms with E-state index in [2.05, 4.69) is 413 Å². The van der Waals surface area contributed by atoms with Crippen molar-refractivity contribution in [1.29, 1.82) is 0 Å². The molecule has 6 aromatic heterocycles. The summed E-state index contributed by atoms with van der Waals surface area (Å²) in [5, 5.41) is 17.6. The van der Waals surface area contributed by atoms with Crippen LogP contribution in [-0.4, -0.2) is 46.1 Å². The van der Waals surface area contributed by atoms with E-state index < -0.39 is 16.1 Å². The molecular weight excluding hydrogens is 1770 g/mol. The van der Waals surface area contributed by atoms with E-state index in [-0.39, 0.29) is 0 Å². The number of rotatable bonds is 15.